The molecule has 0 atom stereocenters. The van der Waals surface area contributed by atoms with Crippen LogP contribution in [0.25, 0.3) is 17.1 Å². The monoisotopic (exact) mass is 251 g/mol. The van der Waals surface area contributed by atoms with Gasteiger partial charge in [-0.15, -0.1) is 10.2 Å². The van der Waals surface area contributed by atoms with E-state index in [0.717, 1.165) is 22.9 Å². The molecule has 2 aromatic carbocycles. The first-order valence-corrected chi connectivity index (χ1v) is 6.02. The molecule has 1 aromatic heterocycles. The molecule has 4 nitrogen and oxygen atoms in total. The van der Waals surface area contributed by atoms with E-state index in [4.69, 9.17) is 0 Å². The van der Waals surface area contributed by atoms with Crippen LogP contribution in [0.15, 0.2) is 54.6 Å². The number of hydrogen-bond donors (Lipinski definition) is 1. The second-order valence-corrected chi connectivity index (χ2v) is 4.29. The summed E-state index contributed by atoms with van der Waals surface area (Å²) in [6.45, 7) is 1.91. The van der Waals surface area contributed by atoms with Crippen molar-refractivity contribution in [3.63, 3.8) is 0 Å². The molecule has 0 aliphatic heterocycles. The Morgan fingerprint density at radius 3 is 2.26 bits per heavy atom. The lowest BCUT2D eigenvalue weighted by Crippen LogP contribution is -1.99. The minimum Gasteiger partial charge on any atom is -0.508 e. The molecule has 0 fully saturated rings. The third-order valence-corrected chi connectivity index (χ3v) is 2.96. The number of aromatic hydroxyl groups is 1. The van der Waals surface area contributed by atoms with Gasteiger partial charge in [0.2, 0.25) is 0 Å². The molecule has 0 saturated heterocycles. The predicted molar refractivity (Wildman–Crippen MR) is 73.2 cm³/mol. The van der Waals surface area contributed by atoms with Gasteiger partial charge in [0.1, 0.15) is 11.6 Å². The molecule has 0 unspecified atom stereocenters. The molecule has 1 heterocycles. The van der Waals surface area contributed by atoms with Crippen molar-refractivity contribution in [1.29, 1.82) is 0 Å². The van der Waals surface area contributed by atoms with Gasteiger partial charge in [0.05, 0.1) is 0 Å². The Balaban J connectivity index is 2.17. The van der Waals surface area contributed by atoms with E-state index in [1.807, 2.05) is 54.0 Å². The van der Waals surface area contributed by atoms with Crippen LogP contribution < -0.4 is 0 Å². The van der Waals surface area contributed by atoms with Gasteiger partial charge in [0.25, 0.3) is 0 Å². The molecule has 0 aliphatic rings. The number of benzene rings is 2. The Kier molecular flexibility index (Phi) is 2.76. The average molecular weight is 251 g/mol. The fourth-order valence-electron chi connectivity index (χ4n) is 2.05. The highest BCUT2D eigenvalue weighted by Crippen LogP contribution is 2.23. The Labute approximate surface area is 111 Å². The second kappa shape index (κ2) is 4.57. The Morgan fingerprint density at radius 2 is 1.58 bits per heavy atom. The normalized spacial score (nSPS) is 10.6. The third kappa shape index (κ3) is 2.08. The number of phenolic OH excluding ortho intramolecular Hbond substituents is 1. The van der Waals surface area contributed by atoms with Gasteiger partial charge in [0, 0.05) is 11.3 Å². The van der Waals surface area contributed by atoms with Crippen molar-refractivity contribution in [3.05, 3.63) is 60.4 Å². The zero-order valence-electron chi connectivity index (χ0n) is 10.5. The number of aryl methyl sites for hydroxylation is 1. The van der Waals surface area contributed by atoms with E-state index >= 15 is 0 Å². The summed E-state index contributed by atoms with van der Waals surface area (Å²) in [6, 6.07) is 16.9. The van der Waals surface area contributed by atoms with Crippen molar-refractivity contribution in [2.24, 2.45) is 0 Å². The molecule has 0 spiro atoms. The quantitative estimate of drug-likeness (QED) is 0.761. The van der Waals surface area contributed by atoms with Crippen molar-refractivity contribution in [3.8, 4) is 22.8 Å². The Morgan fingerprint density at radius 1 is 0.895 bits per heavy atom. The first kappa shape index (κ1) is 11.5. The van der Waals surface area contributed by atoms with E-state index in [1.165, 1.54) is 0 Å². The van der Waals surface area contributed by atoms with Crippen LogP contribution in [0.3, 0.4) is 0 Å². The highest BCUT2D eigenvalue weighted by molar-refractivity contribution is 5.58. The van der Waals surface area contributed by atoms with Crippen LogP contribution in [0.1, 0.15) is 5.82 Å². The van der Waals surface area contributed by atoms with Crippen molar-refractivity contribution >= 4 is 0 Å². The zero-order chi connectivity index (χ0) is 13.2. The first-order valence-electron chi connectivity index (χ1n) is 6.02. The molecule has 3 rings (SSSR count). The molecular formula is C15H13N3O. The zero-order valence-corrected chi connectivity index (χ0v) is 10.5. The molecular weight excluding hydrogens is 238 g/mol. The topological polar surface area (TPSA) is 50.9 Å². The van der Waals surface area contributed by atoms with Crippen molar-refractivity contribution in [2.45, 2.75) is 6.92 Å². The van der Waals surface area contributed by atoms with E-state index in [0.29, 0.717) is 0 Å². The summed E-state index contributed by atoms with van der Waals surface area (Å²) in [5, 5.41) is 17.7. The average Bonchev–Trinajstić information content (AvgIpc) is 2.83. The minimum absolute atomic E-state index is 0.246. The maximum atomic E-state index is 9.37. The molecule has 1 N–H and O–H groups in total. The first-order chi connectivity index (χ1) is 9.25. The fraction of sp³-hybridized carbons (Fsp3) is 0.0667. The predicted octanol–water partition coefficient (Wildman–Crippen LogP) is 2.95. The Bertz CT molecular complexity index is 687. The van der Waals surface area contributed by atoms with Crippen LogP contribution in [0.2, 0.25) is 0 Å². The summed E-state index contributed by atoms with van der Waals surface area (Å²) in [5.41, 5.74) is 1.94. The third-order valence-electron chi connectivity index (χ3n) is 2.96. The van der Waals surface area contributed by atoms with Gasteiger partial charge in [-0.05, 0) is 31.2 Å². The van der Waals surface area contributed by atoms with Crippen LogP contribution in [-0.2, 0) is 0 Å². The lowest BCUT2D eigenvalue weighted by Gasteiger charge is -2.08. The van der Waals surface area contributed by atoms with E-state index in [9.17, 15) is 5.11 Å². The SMILES string of the molecule is Cc1nnc(-c2ccccc2)n1-c1ccc(O)cc1. The standard InChI is InChI=1S/C15H13N3O/c1-11-16-17-15(12-5-3-2-4-6-12)18(11)13-7-9-14(19)10-8-13/h2-10,19H,1H3. The van der Waals surface area contributed by atoms with Crippen LogP contribution >= 0.6 is 0 Å². The maximum absolute atomic E-state index is 9.37. The summed E-state index contributed by atoms with van der Waals surface area (Å²) in [5.74, 6) is 1.85. The van der Waals surface area contributed by atoms with E-state index in [-0.39, 0.29) is 5.75 Å². The molecule has 3 aromatic rings. The molecule has 0 bridgehead atoms. The molecule has 0 saturated carbocycles. The van der Waals surface area contributed by atoms with Gasteiger partial charge in [-0.3, -0.25) is 4.57 Å². The minimum atomic E-state index is 0.246. The molecule has 94 valence electrons. The van der Waals surface area contributed by atoms with Gasteiger partial charge in [-0.25, -0.2) is 0 Å². The number of phenols is 1. The van der Waals surface area contributed by atoms with Gasteiger partial charge in [0.15, 0.2) is 5.82 Å². The maximum Gasteiger partial charge on any atom is 0.168 e. The number of aromatic nitrogens is 3. The largest absolute Gasteiger partial charge is 0.508 e. The molecule has 0 aliphatic carbocycles. The fourth-order valence-corrected chi connectivity index (χ4v) is 2.05. The van der Waals surface area contributed by atoms with E-state index in [2.05, 4.69) is 10.2 Å². The van der Waals surface area contributed by atoms with Crippen molar-refractivity contribution < 1.29 is 5.11 Å². The number of rotatable bonds is 2. The van der Waals surface area contributed by atoms with Crippen LogP contribution in [0.4, 0.5) is 0 Å². The van der Waals surface area contributed by atoms with Gasteiger partial charge >= 0.3 is 0 Å². The summed E-state index contributed by atoms with van der Waals surface area (Å²) >= 11 is 0. The van der Waals surface area contributed by atoms with Crippen LogP contribution in [-0.4, -0.2) is 19.9 Å². The van der Waals surface area contributed by atoms with Gasteiger partial charge < -0.3 is 5.11 Å². The van der Waals surface area contributed by atoms with Gasteiger partial charge in [-0.1, -0.05) is 30.3 Å². The summed E-state index contributed by atoms with van der Waals surface area (Å²) in [7, 11) is 0. The molecule has 19 heavy (non-hydrogen) atoms. The number of hydrogen-bond acceptors (Lipinski definition) is 3. The summed E-state index contributed by atoms with van der Waals surface area (Å²) in [6.07, 6.45) is 0. The lowest BCUT2D eigenvalue weighted by atomic mass is 10.2. The van der Waals surface area contributed by atoms with Gasteiger partial charge in [-0.2, -0.15) is 0 Å². The highest BCUT2D eigenvalue weighted by atomic mass is 16.3. The lowest BCUT2D eigenvalue weighted by molar-refractivity contribution is 0.475. The van der Waals surface area contributed by atoms with Crippen molar-refractivity contribution in [2.75, 3.05) is 0 Å². The summed E-state index contributed by atoms with van der Waals surface area (Å²) < 4.78 is 1.97. The van der Waals surface area contributed by atoms with Crippen LogP contribution in [0, 0.1) is 6.92 Å². The summed E-state index contributed by atoms with van der Waals surface area (Å²) in [4.78, 5) is 0. The van der Waals surface area contributed by atoms with Crippen molar-refractivity contribution in [1.82, 2.24) is 14.8 Å². The second-order valence-electron chi connectivity index (χ2n) is 4.29. The smallest absolute Gasteiger partial charge is 0.168 e. The molecule has 0 radical (unpaired) electrons. The van der Waals surface area contributed by atoms with E-state index in [1.54, 1.807) is 12.1 Å². The molecule has 4 heteroatoms. The van der Waals surface area contributed by atoms with Crippen LogP contribution in [0.5, 0.6) is 5.75 Å². The number of nitrogens with zero attached hydrogens (tertiary/aromatic N) is 3. The van der Waals surface area contributed by atoms with E-state index < -0.39 is 0 Å². The highest BCUT2D eigenvalue weighted by Gasteiger charge is 2.12. The Hall–Kier alpha value is -2.62. The molecule has 0 amide bonds.